The van der Waals surface area contributed by atoms with Gasteiger partial charge in [0.05, 0.1) is 9.92 Å². The van der Waals surface area contributed by atoms with Gasteiger partial charge in [-0.05, 0) is 42.8 Å². The van der Waals surface area contributed by atoms with E-state index < -0.39 is 21.9 Å². The number of nitrogens with one attached hydrogen (secondary N) is 1. The van der Waals surface area contributed by atoms with E-state index in [1.54, 1.807) is 25.1 Å². The van der Waals surface area contributed by atoms with Crippen LogP contribution >= 0.6 is 11.6 Å². The molecule has 23 heavy (non-hydrogen) atoms. The molecule has 0 fully saturated rings. The van der Waals surface area contributed by atoms with Crippen LogP contribution in [0.4, 0.5) is 4.39 Å². The number of halogens is 2. The topological polar surface area (TPSA) is 64.6 Å². The summed E-state index contributed by atoms with van der Waals surface area (Å²) >= 11 is 5.64. The predicted octanol–water partition coefficient (Wildman–Crippen LogP) is 3.25. The molecule has 2 aromatic carbocycles. The molecular formula is C15H13ClFNO4S. The van der Waals surface area contributed by atoms with Crippen LogP contribution in [-0.2, 0) is 10.0 Å². The van der Waals surface area contributed by atoms with Gasteiger partial charge in [0.15, 0.2) is 11.5 Å². The molecule has 1 aliphatic heterocycles. The number of ether oxygens (including phenoxy) is 2. The lowest BCUT2D eigenvalue weighted by Crippen LogP contribution is -2.26. The van der Waals surface area contributed by atoms with Crippen LogP contribution in [-0.4, -0.2) is 15.2 Å². The van der Waals surface area contributed by atoms with Gasteiger partial charge in [-0.2, -0.15) is 0 Å². The van der Waals surface area contributed by atoms with Gasteiger partial charge in [0.2, 0.25) is 16.8 Å². The maximum atomic E-state index is 13.2. The molecule has 0 bridgehead atoms. The molecule has 0 radical (unpaired) electrons. The molecule has 5 nitrogen and oxygen atoms in total. The average molecular weight is 358 g/mol. The SMILES string of the molecule is CC(NS(=O)(=O)c1ccc(F)c(Cl)c1)c1ccc2c(c1)OCO2. The molecule has 1 unspecified atom stereocenters. The molecule has 122 valence electrons. The van der Waals surface area contributed by atoms with Gasteiger partial charge in [0.1, 0.15) is 5.82 Å². The molecule has 0 saturated carbocycles. The standard InChI is InChI=1S/C15H13ClFNO4S/c1-9(10-2-5-14-15(6-10)22-8-21-14)18-23(19,20)11-3-4-13(17)12(16)7-11/h2-7,9,18H,8H2,1H3. The highest BCUT2D eigenvalue weighted by Crippen LogP contribution is 2.34. The zero-order chi connectivity index (χ0) is 16.6. The van der Waals surface area contributed by atoms with E-state index in [-0.39, 0.29) is 16.7 Å². The minimum absolute atomic E-state index is 0.100. The van der Waals surface area contributed by atoms with Gasteiger partial charge >= 0.3 is 0 Å². The van der Waals surface area contributed by atoms with Crippen molar-refractivity contribution in [3.8, 4) is 11.5 Å². The minimum atomic E-state index is -3.83. The minimum Gasteiger partial charge on any atom is -0.454 e. The molecular weight excluding hydrogens is 345 g/mol. The number of sulfonamides is 1. The molecule has 0 aromatic heterocycles. The second-order valence-corrected chi connectivity index (χ2v) is 7.15. The van der Waals surface area contributed by atoms with E-state index >= 15 is 0 Å². The summed E-state index contributed by atoms with van der Waals surface area (Å²) in [6.07, 6.45) is 0. The number of rotatable bonds is 4. The van der Waals surface area contributed by atoms with Crippen LogP contribution in [0.5, 0.6) is 11.5 Å². The van der Waals surface area contributed by atoms with E-state index in [1.807, 2.05) is 0 Å². The number of benzene rings is 2. The smallest absolute Gasteiger partial charge is 0.241 e. The van der Waals surface area contributed by atoms with Gasteiger partial charge in [0, 0.05) is 6.04 Å². The number of hydrogen-bond acceptors (Lipinski definition) is 4. The van der Waals surface area contributed by atoms with Crippen LogP contribution in [0.1, 0.15) is 18.5 Å². The fraction of sp³-hybridized carbons (Fsp3) is 0.200. The Morgan fingerprint density at radius 1 is 1.17 bits per heavy atom. The summed E-state index contributed by atoms with van der Waals surface area (Å²) in [4.78, 5) is -0.100. The van der Waals surface area contributed by atoms with Crippen molar-refractivity contribution in [1.29, 1.82) is 0 Å². The molecule has 0 amide bonds. The van der Waals surface area contributed by atoms with Gasteiger partial charge in [-0.3, -0.25) is 0 Å². The van der Waals surface area contributed by atoms with Crippen molar-refractivity contribution in [2.75, 3.05) is 6.79 Å². The number of fused-ring (bicyclic) bond motifs is 1. The molecule has 1 heterocycles. The fourth-order valence-corrected chi connectivity index (χ4v) is 3.70. The second-order valence-electron chi connectivity index (χ2n) is 5.03. The monoisotopic (exact) mass is 357 g/mol. The first-order chi connectivity index (χ1) is 10.9. The summed E-state index contributed by atoms with van der Waals surface area (Å²) in [7, 11) is -3.83. The largest absolute Gasteiger partial charge is 0.454 e. The molecule has 0 spiro atoms. The Kier molecular flexibility index (Phi) is 4.18. The van der Waals surface area contributed by atoms with Crippen molar-refractivity contribution in [3.63, 3.8) is 0 Å². The lowest BCUT2D eigenvalue weighted by Gasteiger charge is -2.15. The quantitative estimate of drug-likeness (QED) is 0.912. The highest BCUT2D eigenvalue weighted by molar-refractivity contribution is 7.89. The third-order valence-electron chi connectivity index (χ3n) is 3.43. The Labute approximate surface area is 138 Å². The predicted molar refractivity (Wildman–Crippen MR) is 82.7 cm³/mol. The first-order valence-electron chi connectivity index (χ1n) is 6.74. The van der Waals surface area contributed by atoms with Crippen LogP contribution in [0.2, 0.25) is 5.02 Å². The van der Waals surface area contributed by atoms with E-state index in [4.69, 9.17) is 21.1 Å². The van der Waals surface area contributed by atoms with Crippen molar-refractivity contribution in [2.45, 2.75) is 17.9 Å². The molecule has 3 rings (SSSR count). The summed E-state index contributed by atoms with van der Waals surface area (Å²) < 4.78 is 50.9. The van der Waals surface area contributed by atoms with E-state index in [0.29, 0.717) is 17.1 Å². The van der Waals surface area contributed by atoms with E-state index in [0.717, 1.165) is 18.2 Å². The van der Waals surface area contributed by atoms with Crippen LogP contribution in [0.25, 0.3) is 0 Å². The van der Waals surface area contributed by atoms with E-state index in [1.165, 1.54) is 0 Å². The Balaban J connectivity index is 1.83. The van der Waals surface area contributed by atoms with E-state index in [9.17, 15) is 12.8 Å². The highest BCUT2D eigenvalue weighted by Gasteiger charge is 2.21. The Hall–Kier alpha value is -1.83. The van der Waals surface area contributed by atoms with Crippen LogP contribution in [0.3, 0.4) is 0 Å². The zero-order valence-electron chi connectivity index (χ0n) is 12.0. The van der Waals surface area contributed by atoms with Crippen molar-refractivity contribution < 1.29 is 22.3 Å². The molecule has 0 aliphatic carbocycles. The maximum Gasteiger partial charge on any atom is 0.241 e. The Morgan fingerprint density at radius 3 is 2.65 bits per heavy atom. The third kappa shape index (κ3) is 3.26. The van der Waals surface area contributed by atoms with Gasteiger partial charge < -0.3 is 9.47 Å². The first kappa shape index (κ1) is 16.0. The lowest BCUT2D eigenvalue weighted by molar-refractivity contribution is 0.174. The van der Waals surface area contributed by atoms with Gasteiger partial charge in [0.25, 0.3) is 0 Å². The second kappa shape index (κ2) is 5.99. The van der Waals surface area contributed by atoms with Gasteiger partial charge in [-0.25, -0.2) is 17.5 Å². The summed E-state index contributed by atoms with van der Waals surface area (Å²) in [5, 5.41) is -0.247. The summed E-state index contributed by atoms with van der Waals surface area (Å²) in [5.41, 5.74) is 0.714. The molecule has 0 saturated heterocycles. The Morgan fingerprint density at radius 2 is 1.91 bits per heavy atom. The first-order valence-corrected chi connectivity index (χ1v) is 8.60. The van der Waals surface area contributed by atoms with Crippen LogP contribution in [0, 0.1) is 5.82 Å². The summed E-state index contributed by atoms with van der Waals surface area (Å²) in [5.74, 6) is 0.516. The van der Waals surface area contributed by atoms with Crippen LogP contribution in [0.15, 0.2) is 41.3 Å². The molecule has 1 aliphatic rings. The normalized spacial score (nSPS) is 14.7. The Bertz CT molecular complexity index is 857. The summed E-state index contributed by atoms with van der Waals surface area (Å²) in [6.45, 7) is 1.84. The van der Waals surface area contributed by atoms with Gasteiger partial charge in [-0.1, -0.05) is 17.7 Å². The van der Waals surface area contributed by atoms with Crippen molar-refractivity contribution in [1.82, 2.24) is 4.72 Å². The van der Waals surface area contributed by atoms with Crippen molar-refractivity contribution in [2.24, 2.45) is 0 Å². The number of hydrogen-bond donors (Lipinski definition) is 1. The molecule has 1 atom stereocenters. The summed E-state index contributed by atoms with van der Waals surface area (Å²) in [6, 6.07) is 7.92. The molecule has 2 aromatic rings. The zero-order valence-corrected chi connectivity index (χ0v) is 13.6. The maximum absolute atomic E-state index is 13.2. The van der Waals surface area contributed by atoms with E-state index in [2.05, 4.69) is 4.72 Å². The van der Waals surface area contributed by atoms with Crippen molar-refractivity contribution >= 4 is 21.6 Å². The fourth-order valence-electron chi connectivity index (χ4n) is 2.20. The van der Waals surface area contributed by atoms with Crippen LogP contribution < -0.4 is 14.2 Å². The van der Waals surface area contributed by atoms with Gasteiger partial charge in [-0.15, -0.1) is 0 Å². The molecule has 8 heteroatoms. The molecule has 1 N–H and O–H groups in total. The van der Waals surface area contributed by atoms with Crippen molar-refractivity contribution in [3.05, 3.63) is 52.8 Å². The third-order valence-corrected chi connectivity index (χ3v) is 5.26. The highest BCUT2D eigenvalue weighted by atomic mass is 35.5. The average Bonchev–Trinajstić information content (AvgIpc) is 2.96. The lowest BCUT2D eigenvalue weighted by atomic mass is 10.1.